The second-order valence-electron chi connectivity index (χ2n) is 6.52. The van der Waals surface area contributed by atoms with Gasteiger partial charge in [0.05, 0.1) is 24.3 Å². The normalized spacial score (nSPS) is 17.5. The van der Waals surface area contributed by atoms with E-state index >= 15 is 0 Å². The Bertz CT molecular complexity index is 796. The van der Waals surface area contributed by atoms with E-state index in [0.717, 1.165) is 30.8 Å². The summed E-state index contributed by atoms with van der Waals surface area (Å²) in [5.41, 5.74) is 3.93. The predicted molar refractivity (Wildman–Crippen MR) is 100 cm³/mol. The maximum Gasteiger partial charge on any atom is 0.216 e. The highest BCUT2D eigenvalue weighted by molar-refractivity contribution is 5.72. The van der Waals surface area contributed by atoms with Crippen LogP contribution in [0, 0.1) is 11.3 Å². The Hall–Kier alpha value is -2.68. The third-order valence-corrected chi connectivity index (χ3v) is 4.52. The second kappa shape index (κ2) is 8.61. The quantitative estimate of drug-likeness (QED) is 0.901. The molecule has 1 aliphatic rings. The van der Waals surface area contributed by atoms with Gasteiger partial charge in [0.2, 0.25) is 5.91 Å². The van der Waals surface area contributed by atoms with Crippen molar-refractivity contribution in [3.05, 3.63) is 59.7 Å². The van der Waals surface area contributed by atoms with Gasteiger partial charge in [-0.15, -0.1) is 0 Å². The van der Waals surface area contributed by atoms with Crippen molar-refractivity contribution in [3.63, 3.8) is 0 Å². The molecule has 1 unspecified atom stereocenters. The van der Waals surface area contributed by atoms with Gasteiger partial charge in [-0.2, -0.15) is 5.26 Å². The smallest absolute Gasteiger partial charge is 0.216 e. The van der Waals surface area contributed by atoms with Gasteiger partial charge in [0.15, 0.2) is 0 Å². The summed E-state index contributed by atoms with van der Waals surface area (Å²) in [4.78, 5) is 13.4. The summed E-state index contributed by atoms with van der Waals surface area (Å²) in [6.07, 6.45) is 0.0365. The number of morpholine rings is 1. The summed E-state index contributed by atoms with van der Waals surface area (Å²) in [5.74, 6) is -0.0287. The van der Waals surface area contributed by atoms with Gasteiger partial charge >= 0.3 is 0 Å². The van der Waals surface area contributed by atoms with Crippen molar-refractivity contribution < 1.29 is 9.53 Å². The number of nitriles is 1. The lowest BCUT2D eigenvalue weighted by Gasteiger charge is -2.33. The van der Waals surface area contributed by atoms with E-state index in [1.807, 2.05) is 24.3 Å². The first kappa shape index (κ1) is 18.1. The molecule has 0 radical (unpaired) electrons. The highest BCUT2D eigenvalue weighted by Gasteiger charge is 2.20. The third-order valence-electron chi connectivity index (χ3n) is 4.52. The van der Waals surface area contributed by atoms with Gasteiger partial charge in [-0.1, -0.05) is 42.5 Å². The number of ether oxygens (including phenoxy) is 1. The maximum absolute atomic E-state index is 11.1. The van der Waals surface area contributed by atoms with Gasteiger partial charge in [-0.05, 0) is 22.8 Å². The summed E-state index contributed by atoms with van der Waals surface area (Å²) in [6.45, 7) is 5.29. The molecule has 134 valence electrons. The number of amides is 1. The number of benzene rings is 2. The minimum Gasteiger partial charge on any atom is -0.374 e. The SMILES string of the molecule is CC(=O)NCC1CN(Cc2ccc(-c3ccccc3C#N)cc2)CCO1. The first-order valence-corrected chi connectivity index (χ1v) is 8.82. The van der Waals surface area contributed by atoms with Crippen molar-refractivity contribution >= 4 is 5.91 Å². The molecular weight excluding hydrogens is 326 g/mol. The Balaban J connectivity index is 1.62. The van der Waals surface area contributed by atoms with Gasteiger partial charge in [0.1, 0.15) is 0 Å². The lowest BCUT2D eigenvalue weighted by atomic mass is 9.99. The highest BCUT2D eigenvalue weighted by atomic mass is 16.5. The molecule has 0 aliphatic carbocycles. The largest absolute Gasteiger partial charge is 0.374 e. The molecule has 5 heteroatoms. The molecule has 0 saturated carbocycles. The zero-order chi connectivity index (χ0) is 18.4. The molecule has 1 fully saturated rings. The van der Waals surface area contributed by atoms with E-state index < -0.39 is 0 Å². The Morgan fingerprint density at radius 3 is 2.77 bits per heavy atom. The maximum atomic E-state index is 11.1. The Kier molecular flexibility index (Phi) is 6.00. The fourth-order valence-electron chi connectivity index (χ4n) is 3.19. The highest BCUT2D eigenvalue weighted by Crippen LogP contribution is 2.24. The second-order valence-corrected chi connectivity index (χ2v) is 6.52. The van der Waals surface area contributed by atoms with Gasteiger partial charge in [0, 0.05) is 33.1 Å². The van der Waals surface area contributed by atoms with E-state index in [0.29, 0.717) is 18.7 Å². The van der Waals surface area contributed by atoms with Crippen LogP contribution < -0.4 is 5.32 Å². The lowest BCUT2D eigenvalue weighted by Crippen LogP contribution is -2.46. The fourth-order valence-corrected chi connectivity index (χ4v) is 3.19. The molecule has 1 atom stereocenters. The first-order chi connectivity index (χ1) is 12.7. The summed E-state index contributed by atoms with van der Waals surface area (Å²) in [6, 6.07) is 18.3. The van der Waals surface area contributed by atoms with Crippen molar-refractivity contribution in [1.82, 2.24) is 10.2 Å². The monoisotopic (exact) mass is 349 g/mol. The van der Waals surface area contributed by atoms with Crippen LogP contribution in [-0.4, -0.2) is 43.2 Å². The summed E-state index contributed by atoms with van der Waals surface area (Å²) < 4.78 is 5.71. The van der Waals surface area contributed by atoms with Crippen LogP contribution in [0.3, 0.4) is 0 Å². The van der Waals surface area contributed by atoms with Crippen LogP contribution in [0.4, 0.5) is 0 Å². The molecule has 0 spiro atoms. The number of hydrogen-bond donors (Lipinski definition) is 1. The molecule has 2 aromatic carbocycles. The van der Waals surface area contributed by atoms with Crippen LogP contribution in [0.25, 0.3) is 11.1 Å². The molecule has 5 nitrogen and oxygen atoms in total. The summed E-state index contributed by atoms with van der Waals surface area (Å²) in [7, 11) is 0. The molecule has 1 heterocycles. The molecule has 26 heavy (non-hydrogen) atoms. The van der Waals surface area contributed by atoms with Gasteiger partial charge in [-0.25, -0.2) is 0 Å². The fraction of sp³-hybridized carbons (Fsp3) is 0.333. The van der Waals surface area contributed by atoms with Crippen molar-refractivity contribution in [2.24, 2.45) is 0 Å². The number of rotatable bonds is 5. The van der Waals surface area contributed by atoms with E-state index in [2.05, 4.69) is 40.6 Å². The van der Waals surface area contributed by atoms with E-state index in [1.54, 1.807) is 0 Å². The number of nitrogens with one attached hydrogen (secondary N) is 1. The molecule has 3 rings (SSSR count). The van der Waals surface area contributed by atoms with E-state index in [1.165, 1.54) is 12.5 Å². The van der Waals surface area contributed by atoms with Crippen LogP contribution in [-0.2, 0) is 16.1 Å². The summed E-state index contributed by atoms with van der Waals surface area (Å²) >= 11 is 0. The molecular formula is C21H23N3O2. The van der Waals surface area contributed by atoms with Crippen molar-refractivity contribution in [2.45, 2.75) is 19.6 Å². The number of carbonyl (C=O) groups excluding carboxylic acids is 1. The number of hydrogen-bond acceptors (Lipinski definition) is 4. The van der Waals surface area contributed by atoms with E-state index in [9.17, 15) is 10.1 Å². The van der Waals surface area contributed by atoms with Gasteiger partial charge < -0.3 is 10.1 Å². The zero-order valence-corrected chi connectivity index (χ0v) is 14.9. The minimum absolute atomic E-state index is 0.0287. The standard InChI is InChI=1S/C21H23N3O2/c1-16(25)23-13-20-15-24(10-11-26-20)14-17-6-8-18(9-7-17)21-5-3-2-4-19(21)12-22/h2-9,20H,10-11,13-15H2,1H3,(H,23,25). The van der Waals surface area contributed by atoms with Crippen molar-refractivity contribution in [2.75, 3.05) is 26.2 Å². The van der Waals surface area contributed by atoms with Crippen LogP contribution in [0.1, 0.15) is 18.1 Å². The first-order valence-electron chi connectivity index (χ1n) is 8.82. The average Bonchev–Trinajstić information content (AvgIpc) is 2.67. The van der Waals surface area contributed by atoms with Crippen molar-refractivity contribution in [3.8, 4) is 17.2 Å². The van der Waals surface area contributed by atoms with Crippen LogP contribution in [0.5, 0.6) is 0 Å². The third kappa shape index (κ3) is 4.69. The molecule has 1 N–H and O–H groups in total. The Morgan fingerprint density at radius 2 is 2.04 bits per heavy atom. The van der Waals surface area contributed by atoms with Crippen LogP contribution >= 0.6 is 0 Å². The zero-order valence-electron chi connectivity index (χ0n) is 14.9. The lowest BCUT2D eigenvalue weighted by molar-refractivity contribution is -0.120. The molecule has 1 amide bonds. The van der Waals surface area contributed by atoms with Crippen molar-refractivity contribution in [1.29, 1.82) is 5.26 Å². The molecule has 1 aliphatic heterocycles. The van der Waals surface area contributed by atoms with Crippen LogP contribution in [0.15, 0.2) is 48.5 Å². The van der Waals surface area contributed by atoms with Crippen LogP contribution in [0.2, 0.25) is 0 Å². The average molecular weight is 349 g/mol. The summed E-state index contributed by atoms with van der Waals surface area (Å²) in [5, 5.41) is 12.1. The van der Waals surface area contributed by atoms with E-state index in [-0.39, 0.29) is 12.0 Å². The molecule has 2 aromatic rings. The number of carbonyl (C=O) groups is 1. The number of nitrogens with zero attached hydrogens (tertiary/aromatic N) is 2. The molecule has 1 saturated heterocycles. The Morgan fingerprint density at radius 1 is 1.27 bits per heavy atom. The van der Waals surface area contributed by atoms with Gasteiger partial charge in [-0.3, -0.25) is 9.69 Å². The van der Waals surface area contributed by atoms with E-state index in [4.69, 9.17) is 4.74 Å². The predicted octanol–water partition coefficient (Wildman–Crippen LogP) is 2.56. The minimum atomic E-state index is -0.0287. The molecule has 0 aromatic heterocycles. The Labute approximate surface area is 154 Å². The molecule has 0 bridgehead atoms. The van der Waals surface area contributed by atoms with Gasteiger partial charge in [0.25, 0.3) is 0 Å². The topological polar surface area (TPSA) is 65.4 Å².